The Bertz CT molecular complexity index is 1600. The lowest BCUT2D eigenvalue weighted by Gasteiger charge is -2.09. The number of hydrogen-bond donors (Lipinski definition) is 0. The molecular formula is C28H21NS2. The maximum absolute atomic E-state index is 4.98. The lowest BCUT2D eigenvalue weighted by Crippen LogP contribution is -1.86. The lowest BCUT2D eigenvalue weighted by molar-refractivity contribution is 1.43. The number of rotatable bonds is 2. The first-order valence-electron chi connectivity index (χ1n) is 10.5. The predicted octanol–water partition coefficient (Wildman–Crippen LogP) is 8.92. The summed E-state index contributed by atoms with van der Waals surface area (Å²) in [7, 11) is 0. The molecule has 6 rings (SSSR count). The molecule has 6 aromatic rings. The van der Waals surface area contributed by atoms with Crippen molar-refractivity contribution in [3.8, 4) is 21.7 Å². The van der Waals surface area contributed by atoms with Gasteiger partial charge in [0.05, 0.1) is 5.69 Å². The molecular weight excluding hydrogens is 414 g/mol. The first-order valence-corrected chi connectivity index (χ1v) is 12.1. The SMILES string of the molecule is Cc1ccc2c(c1)sc1c(C)c(-c3cc4ccc(-c5ccccc5)nc4s3)c(C)cc12. The first-order chi connectivity index (χ1) is 15.1. The number of benzene rings is 3. The zero-order valence-corrected chi connectivity index (χ0v) is 19.3. The maximum atomic E-state index is 4.98. The van der Waals surface area contributed by atoms with E-state index < -0.39 is 0 Å². The number of thiophene rings is 2. The molecule has 0 fully saturated rings. The molecule has 0 aliphatic rings. The minimum atomic E-state index is 1.03. The van der Waals surface area contributed by atoms with Crippen molar-refractivity contribution in [2.45, 2.75) is 20.8 Å². The quantitative estimate of drug-likeness (QED) is 0.264. The van der Waals surface area contributed by atoms with Gasteiger partial charge in [0, 0.05) is 36.0 Å². The van der Waals surface area contributed by atoms with Crippen LogP contribution in [0.2, 0.25) is 0 Å². The zero-order chi connectivity index (χ0) is 21.1. The van der Waals surface area contributed by atoms with Crippen molar-refractivity contribution in [1.29, 1.82) is 0 Å². The van der Waals surface area contributed by atoms with Gasteiger partial charge in [0.25, 0.3) is 0 Å². The molecule has 0 aliphatic heterocycles. The highest BCUT2D eigenvalue weighted by Crippen LogP contribution is 2.44. The topological polar surface area (TPSA) is 12.9 Å². The molecule has 0 atom stereocenters. The van der Waals surface area contributed by atoms with E-state index in [1.165, 1.54) is 52.7 Å². The van der Waals surface area contributed by atoms with Crippen molar-refractivity contribution in [2.75, 3.05) is 0 Å². The number of nitrogens with zero attached hydrogens (tertiary/aromatic N) is 1. The molecule has 3 aromatic carbocycles. The number of fused-ring (bicyclic) bond motifs is 4. The Labute approximate surface area is 189 Å². The molecule has 0 bridgehead atoms. The van der Waals surface area contributed by atoms with Crippen LogP contribution in [0.15, 0.2) is 72.8 Å². The smallest absolute Gasteiger partial charge is 0.124 e. The highest BCUT2D eigenvalue weighted by atomic mass is 32.1. The summed E-state index contributed by atoms with van der Waals surface area (Å²) < 4.78 is 2.77. The van der Waals surface area contributed by atoms with Crippen LogP contribution in [0.3, 0.4) is 0 Å². The molecule has 0 N–H and O–H groups in total. The molecule has 1 nitrogen and oxygen atoms in total. The summed E-state index contributed by atoms with van der Waals surface area (Å²) in [5, 5.41) is 3.96. The van der Waals surface area contributed by atoms with E-state index in [-0.39, 0.29) is 0 Å². The van der Waals surface area contributed by atoms with Crippen molar-refractivity contribution in [3.63, 3.8) is 0 Å². The van der Waals surface area contributed by atoms with Crippen LogP contribution in [-0.4, -0.2) is 4.98 Å². The average Bonchev–Trinajstić information content (AvgIpc) is 3.35. The molecule has 0 spiro atoms. The Balaban J connectivity index is 1.54. The summed E-state index contributed by atoms with van der Waals surface area (Å²) in [4.78, 5) is 7.38. The van der Waals surface area contributed by atoms with Crippen LogP contribution < -0.4 is 0 Å². The highest BCUT2D eigenvalue weighted by Gasteiger charge is 2.17. The molecule has 3 heterocycles. The van der Waals surface area contributed by atoms with Gasteiger partial charge in [-0.1, -0.05) is 42.5 Å². The summed E-state index contributed by atoms with van der Waals surface area (Å²) in [6.07, 6.45) is 0. The van der Waals surface area contributed by atoms with Crippen LogP contribution >= 0.6 is 22.7 Å². The molecule has 0 radical (unpaired) electrons. The summed E-state index contributed by atoms with van der Waals surface area (Å²) in [5.41, 5.74) is 7.58. The molecule has 0 saturated carbocycles. The molecule has 31 heavy (non-hydrogen) atoms. The van der Waals surface area contributed by atoms with Crippen LogP contribution in [0.25, 0.3) is 52.1 Å². The number of aromatic nitrogens is 1. The van der Waals surface area contributed by atoms with Gasteiger partial charge in [-0.3, -0.25) is 0 Å². The van der Waals surface area contributed by atoms with Crippen LogP contribution in [0, 0.1) is 20.8 Å². The lowest BCUT2D eigenvalue weighted by atomic mass is 9.97. The maximum Gasteiger partial charge on any atom is 0.124 e. The van der Waals surface area contributed by atoms with Gasteiger partial charge in [0.1, 0.15) is 4.83 Å². The van der Waals surface area contributed by atoms with Gasteiger partial charge >= 0.3 is 0 Å². The monoisotopic (exact) mass is 435 g/mol. The third-order valence-corrected chi connectivity index (χ3v) is 8.40. The molecule has 0 aliphatic carbocycles. The van der Waals surface area contributed by atoms with Crippen LogP contribution in [0.4, 0.5) is 0 Å². The summed E-state index contributed by atoms with van der Waals surface area (Å²) in [6, 6.07) is 26.2. The fraction of sp³-hybridized carbons (Fsp3) is 0.107. The van der Waals surface area contributed by atoms with Crippen molar-refractivity contribution < 1.29 is 0 Å². The van der Waals surface area contributed by atoms with E-state index in [9.17, 15) is 0 Å². The molecule has 3 heteroatoms. The van der Waals surface area contributed by atoms with Gasteiger partial charge in [-0.15, -0.1) is 22.7 Å². The van der Waals surface area contributed by atoms with E-state index in [4.69, 9.17) is 4.98 Å². The Morgan fingerprint density at radius 2 is 1.58 bits per heavy atom. The van der Waals surface area contributed by atoms with Gasteiger partial charge in [0.15, 0.2) is 0 Å². The molecule has 3 aromatic heterocycles. The summed E-state index contributed by atoms with van der Waals surface area (Å²) in [6.45, 7) is 6.69. The molecule has 0 unspecified atom stereocenters. The third kappa shape index (κ3) is 3.00. The molecule has 0 amide bonds. The van der Waals surface area contributed by atoms with Crippen LogP contribution in [-0.2, 0) is 0 Å². The van der Waals surface area contributed by atoms with Crippen molar-refractivity contribution in [1.82, 2.24) is 4.98 Å². The first kappa shape index (κ1) is 18.7. The van der Waals surface area contributed by atoms with E-state index in [0.29, 0.717) is 0 Å². The number of hydrogen-bond acceptors (Lipinski definition) is 3. The van der Waals surface area contributed by atoms with E-state index >= 15 is 0 Å². The number of aryl methyl sites for hydroxylation is 3. The molecule has 150 valence electrons. The third-order valence-electron chi connectivity index (χ3n) is 6.05. The van der Waals surface area contributed by atoms with E-state index in [0.717, 1.165) is 16.1 Å². The van der Waals surface area contributed by atoms with E-state index in [1.807, 2.05) is 17.4 Å². The fourth-order valence-corrected chi connectivity index (χ4v) is 7.02. The van der Waals surface area contributed by atoms with Gasteiger partial charge < -0.3 is 0 Å². The van der Waals surface area contributed by atoms with Gasteiger partial charge in [-0.25, -0.2) is 4.98 Å². The zero-order valence-electron chi connectivity index (χ0n) is 17.7. The Hall–Kier alpha value is -3.01. The van der Waals surface area contributed by atoms with Gasteiger partial charge in [-0.2, -0.15) is 0 Å². The van der Waals surface area contributed by atoms with Crippen molar-refractivity contribution in [2.24, 2.45) is 0 Å². The fourth-order valence-electron chi connectivity index (χ4n) is 4.53. The van der Waals surface area contributed by atoms with E-state index in [2.05, 4.69) is 87.5 Å². The summed E-state index contributed by atoms with van der Waals surface area (Å²) in [5.74, 6) is 0. The largest absolute Gasteiger partial charge is 0.237 e. The Kier molecular flexibility index (Phi) is 4.24. The van der Waals surface area contributed by atoms with Crippen molar-refractivity contribution >= 4 is 53.1 Å². The second kappa shape index (κ2) is 7.01. The average molecular weight is 436 g/mol. The highest BCUT2D eigenvalue weighted by molar-refractivity contribution is 7.26. The normalized spacial score (nSPS) is 11.7. The predicted molar refractivity (Wildman–Crippen MR) is 138 cm³/mol. The van der Waals surface area contributed by atoms with Gasteiger partial charge in [0.2, 0.25) is 0 Å². The van der Waals surface area contributed by atoms with E-state index in [1.54, 1.807) is 11.3 Å². The Morgan fingerprint density at radius 3 is 2.42 bits per heavy atom. The van der Waals surface area contributed by atoms with Crippen LogP contribution in [0.1, 0.15) is 16.7 Å². The standard InChI is InChI=1S/C28H21NS2/c1-16-9-11-21-22-14-17(2)26(18(3)27(22)30-24(21)13-16)25-15-20-10-12-23(29-28(20)31-25)19-7-5-4-6-8-19/h4-15H,1-3H3. The van der Waals surface area contributed by atoms with Crippen LogP contribution in [0.5, 0.6) is 0 Å². The minimum Gasteiger partial charge on any atom is -0.237 e. The number of pyridine rings is 1. The Morgan fingerprint density at radius 1 is 0.742 bits per heavy atom. The van der Waals surface area contributed by atoms with Crippen molar-refractivity contribution in [3.05, 3.63) is 89.5 Å². The molecule has 0 saturated heterocycles. The minimum absolute atomic E-state index is 1.03. The second-order valence-corrected chi connectivity index (χ2v) is 10.3. The second-order valence-electron chi connectivity index (χ2n) is 8.24. The summed E-state index contributed by atoms with van der Waals surface area (Å²) >= 11 is 3.71. The van der Waals surface area contributed by atoms with Gasteiger partial charge in [-0.05, 0) is 73.4 Å².